The molecule has 3 rings (SSSR count). The molecule has 0 aromatic heterocycles. The van der Waals surface area contributed by atoms with Crippen molar-refractivity contribution < 1.29 is 17.9 Å². The number of nitrogens with one attached hydrogen (secondary N) is 1. The number of methoxy groups -OCH3 is 1. The van der Waals surface area contributed by atoms with Crippen LogP contribution in [-0.2, 0) is 14.8 Å². The fourth-order valence-electron chi connectivity index (χ4n) is 3.92. The molecule has 1 aliphatic heterocycles. The van der Waals surface area contributed by atoms with Crippen LogP contribution in [0.15, 0.2) is 47.4 Å². The van der Waals surface area contributed by atoms with Crippen LogP contribution in [0.5, 0.6) is 5.75 Å². The van der Waals surface area contributed by atoms with Gasteiger partial charge in [0.1, 0.15) is 10.6 Å². The van der Waals surface area contributed by atoms with Gasteiger partial charge in [-0.3, -0.25) is 4.79 Å². The summed E-state index contributed by atoms with van der Waals surface area (Å²) in [5.41, 5.74) is 1.91. The van der Waals surface area contributed by atoms with Crippen LogP contribution in [0.2, 0.25) is 5.02 Å². The van der Waals surface area contributed by atoms with Gasteiger partial charge in [0.15, 0.2) is 0 Å². The first-order valence-electron chi connectivity index (χ1n) is 10.9. The molecule has 1 atom stereocenters. The van der Waals surface area contributed by atoms with Gasteiger partial charge in [-0.25, -0.2) is 8.42 Å². The van der Waals surface area contributed by atoms with Crippen molar-refractivity contribution in [2.45, 2.75) is 50.5 Å². The molecule has 0 saturated carbocycles. The molecule has 1 saturated heterocycles. The smallest absolute Gasteiger partial charge is 0.246 e. The Morgan fingerprint density at radius 2 is 1.66 bits per heavy atom. The van der Waals surface area contributed by atoms with Crippen molar-refractivity contribution >= 4 is 27.5 Å². The number of amides is 1. The molecule has 1 N–H and O–H groups in total. The third kappa shape index (κ3) is 5.45. The highest BCUT2D eigenvalue weighted by Crippen LogP contribution is 2.32. The largest absolute Gasteiger partial charge is 0.495 e. The first-order chi connectivity index (χ1) is 15.1. The minimum Gasteiger partial charge on any atom is -0.495 e. The number of nitrogens with zero attached hydrogens (tertiary/aromatic N) is 1. The summed E-state index contributed by atoms with van der Waals surface area (Å²) in [4.78, 5) is 13.0. The van der Waals surface area contributed by atoms with Crippen LogP contribution in [0.25, 0.3) is 0 Å². The third-order valence-corrected chi connectivity index (χ3v) is 8.20. The van der Waals surface area contributed by atoms with E-state index in [1.165, 1.54) is 11.4 Å². The first-order valence-corrected chi connectivity index (χ1v) is 12.7. The van der Waals surface area contributed by atoms with E-state index in [9.17, 15) is 13.2 Å². The molecule has 0 spiro atoms. The van der Waals surface area contributed by atoms with E-state index in [4.69, 9.17) is 16.3 Å². The van der Waals surface area contributed by atoms with Crippen molar-refractivity contribution in [1.82, 2.24) is 9.62 Å². The molecule has 2 aromatic carbocycles. The molecule has 2 aromatic rings. The Balaban J connectivity index is 1.66. The molecule has 0 aliphatic carbocycles. The molecule has 1 amide bonds. The molecule has 32 heavy (non-hydrogen) atoms. The maximum absolute atomic E-state index is 13.3. The summed E-state index contributed by atoms with van der Waals surface area (Å²) in [7, 11) is -2.24. The maximum Gasteiger partial charge on any atom is 0.246 e. The average Bonchev–Trinajstić information content (AvgIpc) is 2.79. The summed E-state index contributed by atoms with van der Waals surface area (Å²) in [6, 6.07) is 12.5. The predicted molar refractivity (Wildman–Crippen MR) is 127 cm³/mol. The zero-order valence-electron chi connectivity index (χ0n) is 19.0. The van der Waals surface area contributed by atoms with Crippen LogP contribution >= 0.6 is 11.6 Å². The monoisotopic (exact) mass is 478 g/mol. The van der Waals surface area contributed by atoms with Crippen molar-refractivity contribution in [3.8, 4) is 5.75 Å². The lowest BCUT2D eigenvalue weighted by Gasteiger charge is -2.31. The van der Waals surface area contributed by atoms with E-state index in [-0.39, 0.29) is 28.7 Å². The number of benzene rings is 2. The third-order valence-electron chi connectivity index (χ3n) is 6.03. The summed E-state index contributed by atoms with van der Waals surface area (Å²) in [5.74, 6) is 0.266. The Morgan fingerprint density at radius 1 is 1.06 bits per heavy atom. The number of rotatable bonds is 7. The minimum absolute atomic E-state index is 0.0520. The maximum atomic E-state index is 13.3. The molecular weight excluding hydrogens is 448 g/mol. The van der Waals surface area contributed by atoms with E-state index in [1.807, 2.05) is 39.0 Å². The molecule has 0 bridgehead atoms. The second-order valence-electron chi connectivity index (χ2n) is 8.53. The van der Waals surface area contributed by atoms with E-state index in [2.05, 4.69) is 5.32 Å². The Hall–Kier alpha value is -2.09. The Labute approximate surface area is 196 Å². The molecule has 8 heteroatoms. The van der Waals surface area contributed by atoms with Gasteiger partial charge < -0.3 is 10.1 Å². The van der Waals surface area contributed by atoms with Gasteiger partial charge in [-0.15, -0.1) is 0 Å². The highest BCUT2D eigenvalue weighted by atomic mass is 35.5. The van der Waals surface area contributed by atoms with Crippen molar-refractivity contribution in [2.24, 2.45) is 5.92 Å². The zero-order chi connectivity index (χ0) is 23.5. The average molecular weight is 479 g/mol. The molecular formula is C24H31ClN2O4S. The van der Waals surface area contributed by atoms with Gasteiger partial charge >= 0.3 is 0 Å². The molecule has 1 fully saturated rings. The number of sulfonamides is 1. The van der Waals surface area contributed by atoms with Gasteiger partial charge in [0, 0.05) is 24.0 Å². The van der Waals surface area contributed by atoms with Gasteiger partial charge in [0.25, 0.3) is 0 Å². The second-order valence-corrected chi connectivity index (χ2v) is 10.9. The van der Waals surface area contributed by atoms with Crippen molar-refractivity contribution in [1.29, 1.82) is 0 Å². The standard InChI is InChI=1S/C24H31ClN2O4S/c1-16(2)20-7-10-22(31-4)23(15-20)32(29,30)27-13-11-19(12-14-27)24(28)26-17(3)18-5-8-21(25)9-6-18/h5-10,15-17,19H,11-14H2,1-4H3,(H,26,28). The summed E-state index contributed by atoms with van der Waals surface area (Å²) < 4.78 is 33.5. The fourth-order valence-corrected chi connectivity index (χ4v) is 5.70. The summed E-state index contributed by atoms with van der Waals surface area (Å²) in [5, 5.41) is 3.69. The van der Waals surface area contributed by atoms with E-state index in [1.54, 1.807) is 24.3 Å². The molecule has 1 unspecified atom stereocenters. The van der Waals surface area contributed by atoms with Crippen molar-refractivity contribution in [3.05, 3.63) is 58.6 Å². The molecule has 6 nitrogen and oxygen atoms in total. The lowest BCUT2D eigenvalue weighted by molar-refractivity contribution is -0.126. The Bertz CT molecular complexity index is 1050. The number of piperidine rings is 1. The lowest BCUT2D eigenvalue weighted by Crippen LogP contribution is -2.43. The SMILES string of the molecule is COc1ccc(C(C)C)cc1S(=O)(=O)N1CCC(C(=O)NC(C)c2ccc(Cl)cc2)CC1. The van der Waals surface area contributed by atoms with Crippen LogP contribution in [0.1, 0.15) is 56.7 Å². The lowest BCUT2D eigenvalue weighted by atomic mass is 9.96. The molecule has 1 heterocycles. The van der Waals surface area contributed by atoms with Gasteiger partial charge in [0.2, 0.25) is 15.9 Å². The zero-order valence-corrected chi connectivity index (χ0v) is 20.5. The van der Waals surface area contributed by atoms with Crippen LogP contribution in [0.4, 0.5) is 0 Å². The van der Waals surface area contributed by atoms with Gasteiger partial charge in [-0.1, -0.05) is 43.6 Å². The number of carbonyl (C=O) groups excluding carboxylic acids is 1. The number of hydrogen-bond acceptors (Lipinski definition) is 4. The second kappa shape index (κ2) is 10.2. The minimum atomic E-state index is -3.72. The quantitative estimate of drug-likeness (QED) is 0.623. The number of halogens is 1. The highest BCUT2D eigenvalue weighted by Gasteiger charge is 2.34. The van der Waals surface area contributed by atoms with E-state index in [0.717, 1.165) is 11.1 Å². The van der Waals surface area contributed by atoms with Crippen LogP contribution < -0.4 is 10.1 Å². The Kier molecular flexibility index (Phi) is 7.85. The number of ether oxygens (including phenoxy) is 1. The van der Waals surface area contributed by atoms with E-state index in [0.29, 0.717) is 36.7 Å². The first kappa shape index (κ1) is 24.6. The van der Waals surface area contributed by atoms with Crippen molar-refractivity contribution in [2.75, 3.05) is 20.2 Å². The summed E-state index contributed by atoms with van der Waals surface area (Å²) in [6.07, 6.45) is 0.954. The van der Waals surface area contributed by atoms with Crippen LogP contribution in [-0.4, -0.2) is 38.8 Å². The van der Waals surface area contributed by atoms with Gasteiger partial charge in [-0.05, 0) is 61.1 Å². The molecule has 1 aliphatic rings. The van der Waals surface area contributed by atoms with Crippen LogP contribution in [0, 0.1) is 5.92 Å². The molecule has 0 radical (unpaired) electrons. The summed E-state index contributed by atoms with van der Waals surface area (Å²) in [6.45, 7) is 6.56. The molecule has 174 valence electrons. The topological polar surface area (TPSA) is 75.7 Å². The number of carbonyl (C=O) groups is 1. The predicted octanol–water partition coefficient (Wildman–Crippen LogP) is 4.75. The Morgan fingerprint density at radius 3 is 2.22 bits per heavy atom. The van der Waals surface area contributed by atoms with E-state index >= 15 is 0 Å². The fraction of sp³-hybridized carbons (Fsp3) is 0.458. The highest BCUT2D eigenvalue weighted by molar-refractivity contribution is 7.89. The summed E-state index contributed by atoms with van der Waals surface area (Å²) >= 11 is 5.93. The van der Waals surface area contributed by atoms with Gasteiger partial charge in [-0.2, -0.15) is 4.31 Å². The number of hydrogen-bond donors (Lipinski definition) is 1. The normalized spacial score (nSPS) is 16.7. The van der Waals surface area contributed by atoms with Crippen molar-refractivity contribution in [3.63, 3.8) is 0 Å². The van der Waals surface area contributed by atoms with E-state index < -0.39 is 10.0 Å². The van der Waals surface area contributed by atoms with Gasteiger partial charge in [0.05, 0.1) is 13.2 Å². The van der Waals surface area contributed by atoms with Crippen LogP contribution in [0.3, 0.4) is 0 Å².